The van der Waals surface area contributed by atoms with E-state index in [9.17, 15) is 9.50 Å². The number of benzene rings is 1. The Balaban J connectivity index is 2.15. The summed E-state index contributed by atoms with van der Waals surface area (Å²) in [6.45, 7) is 4.60. The van der Waals surface area contributed by atoms with Gasteiger partial charge in [0.15, 0.2) is 0 Å². The Morgan fingerprint density at radius 1 is 1.30 bits per heavy atom. The summed E-state index contributed by atoms with van der Waals surface area (Å²) in [5.41, 5.74) is 4.71. The van der Waals surface area contributed by atoms with Crippen LogP contribution in [0.15, 0.2) is 24.3 Å². The van der Waals surface area contributed by atoms with Crippen LogP contribution in [-0.2, 0) is 13.0 Å². The van der Waals surface area contributed by atoms with E-state index in [2.05, 4.69) is 4.98 Å². The third kappa shape index (κ3) is 2.06. The number of aliphatic hydroxyl groups excluding tert-OH is 1. The highest BCUT2D eigenvalue weighted by molar-refractivity contribution is 5.70. The summed E-state index contributed by atoms with van der Waals surface area (Å²) in [6, 6.07) is 6.82. The molecule has 3 rings (SSSR count). The van der Waals surface area contributed by atoms with E-state index in [0.29, 0.717) is 0 Å². The molecule has 1 aliphatic rings. The Labute approximate surface area is 117 Å². The zero-order valence-corrected chi connectivity index (χ0v) is 11.7. The van der Waals surface area contributed by atoms with Crippen LogP contribution in [0.5, 0.6) is 0 Å². The third-order valence-electron chi connectivity index (χ3n) is 3.81. The van der Waals surface area contributed by atoms with Gasteiger partial charge in [-0.1, -0.05) is 6.07 Å². The van der Waals surface area contributed by atoms with Crippen LogP contribution >= 0.6 is 0 Å². The first-order valence-electron chi connectivity index (χ1n) is 6.74. The monoisotopic (exact) mass is 272 g/mol. The van der Waals surface area contributed by atoms with Crippen LogP contribution in [0.2, 0.25) is 0 Å². The van der Waals surface area contributed by atoms with Gasteiger partial charge in [-0.3, -0.25) is 0 Å². The minimum Gasteiger partial charge on any atom is -0.392 e. The summed E-state index contributed by atoms with van der Waals surface area (Å²) < 4.78 is 13.5. The standard InChI is InChI=1S/C16H17FN2O/c1-10-7-11(2)18-16(14(10)9-20)19-6-5-12-3-4-13(17)8-15(12)19/h3-4,7-8,20H,5-6,9H2,1-2H3. The molecule has 0 saturated carbocycles. The number of pyridine rings is 1. The van der Waals surface area contributed by atoms with Gasteiger partial charge in [0, 0.05) is 23.5 Å². The van der Waals surface area contributed by atoms with E-state index in [1.807, 2.05) is 30.9 Å². The van der Waals surface area contributed by atoms with Crippen molar-refractivity contribution < 1.29 is 9.50 Å². The minimum atomic E-state index is -0.245. The molecule has 0 atom stereocenters. The van der Waals surface area contributed by atoms with E-state index in [1.54, 1.807) is 6.07 Å². The van der Waals surface area contributed by atoms with E-state index in [1.165, 1.54) is 6.07 Å². The summed E-state index contributed by atoms with van der Waals surface area (Å²) >= 11 is 0. The van der Waals surface area contributed by atoms with Crippen molar-refractivity contribution in [1.29, 1.82) is 0 Å². The molecule has 2 heterocycles. The molecule has 3 nitrogen and oxygen atoms in total. The largest absolute Gasteiger partial charge is 0.392 e. The molecule has 1 aromatic carbocycles. The first kappa shape index (κ1) is 13.1. The van der Waals surface area contributed by atoms with Crippen molar-refractivity contribution in [3.8, 4) is 0 Å². The van der Waals surface area contributed by atoms with Crippen molar-refractivity contribution >= 4 is 11.5 Å². The number of halogens is 1. The van der Waals surface area contributed by atoms with Crippen LogP contribution in [0, 0.1) is 19.7 Å². The minimum absolute atomic E-state index is 0.0599. The summed E-state index contributed by atoms with van der Waals surface area (Å²) in [5, 5.41) is 9.61. The van der Waals surface area contributed by atoms with E-state index < -0.39 is 0 Å². The molecule has 2 aromatic rings. The molecule has 1 aromatic heterocycles. The van der Waals surface area contributed by atoms with Gasteiger partial charge in [-0.15, -0.1) is 0 Å². The molecule has 0 radical (unpaired) electrons. The Kier molecular flexibility index (Phi) is 3.18. The lowest BCUT2D eigenvalue weighted by Gasteiger charge is -2.22. The molecule has 104 valence electrons. The summed E-state index contributed by atoms with van der Waals surface area (Å²) in [4.78, 5) is 6.56. The average molecular weight is 272 g/mol. The quantitative estimate of drug-likeness (QED) is 0.913. The lowest BCUT2D eigenvalue weighted by molar-refractivity contribution is 0.281. The van der Waals surface area contributed by atoms with Crippen molar-refractivity contribution in [2.45, 2.75) is 26.9 Å². The fourth-order valence-corrected chi connectivity index (χ4v) is 2.83. The molecule has 0 fully saturated rings. The number of aryl methyl sites for hydroxylation is 2. The van der Waals surface area contributed by atoms with Crippen molar-refractivity contribution in [2.75, 3.05) is 11.4 Å². The number of nitrogens with zero attached hydrogens (tertiary/aromatic N) is 2. The van der Waals surface area contributed by atoms with Crippen LogP contribution < -0.4 is 4.90 Å². The van der Waals surface area contributed by atoms with Crippen LogP contribution in [0.1, 0.15) is 22.4 Å². The molecular formula is C16H17FN2O. The molecule has 1 aliphatic heterocycles. The highest BCUT2D eigenvalue weighted by atomic mass is 19.1. The van der Waals surface area contributed by atoms with Gasteiger partial charge < -0.3 is 10.0 Å². The third-order valence-corrected chi connectivity index (χ3v) is 3.81. The molecule has 0 aliphatic carbocycles. The average Bonchev–Trinajstić information content (AvgIpc) is 2.80. The number of rotatable bonds is 2. The van der Waals surface area contributed by atoms with Crippen molar-refractivity contribution in [2.24, 2.45) is 0 Å². The summed E-state index contributed by atoms with van der Waals surface area (Å²) in [6.07, 6.45) is 0.870. The van der Waals surface area contributed by atoms with Gasteiger partial charge in [0.2, 0.25) is 0 Å². The number of aromatic nitrogens is 1. The number of anilines is 2. The predicted molar refractivity (Wildman–Crippen MR) is 76.7 cm³/mol. The SMILES string of the molecule is Cc1cc(C)c(CO)c(N2CCc3ccc(F)cc32)n1. The van der Waals surface area contributed by atoms with E-state index in [-0.39, 0.29) is 12.4 Å². The molecule has 0 amide bonds. The maximum absolute atomic E-state index is 13.5. The van der Waals surface area contributed by atoms with Crippen molar-refractivity contribution in [3.05, 3.63) is 52.5 Å². The van der Waals surface area contributed by atoms with Gasteiger partial charge in [0.1, 0.15) is 11.6 Å². The number of aliphatic hydroxyl groups is 1. The predicted octanol–water partition coefficient (Wildman–Crippen LogP) is 3.02. The van der Waals surface area contributed by atoms with Gasteiger partial charge in [-0.05, 0) is 49.6 Å². The first-order chi connectivity index (χ1) is 9.60. The van der Waals surface area contributed by atoms with Crippen LogP contribution in [0.4, 0.5) is 15.9 Å². The van der Waals surface area contributed by atoms with Crippen molar-refractivity contribution in [1.82, 2.24) is 4.98 Å². The van der Waals surface area contributed by atoms with Gasteiger partial charge >= 0.3 is 0 Å². The molecule has 0 saturated heterocycles. The molecule has 4 heteroatoms. The second-order valence-electron chi connectivity index (χ2n) is 5.22. The van der Waals surface area contributed by atoms with E-state index in [4.69, 9.17) is 0 Å². The summed E-state index contributed by atoms with van der Waals surface area (Å²) in [7, 11) is 0. The molecule has 20 heavy (non-hydrogen) atoms. The van der Waals surface area contributed by atoms with Gasteiger partial charge in [0.05, 0.1) is 6.61 Å². The Morgan fingerprint density at radius 3 is 2.85 bits per heavy atom. The normalized spacial score (nSPS) is 13.7. The highest BCUT2D eigenvalue weighted by Crippen LogP contribution is 2.36. The Bertz CT molecular complexity index is 670. The van der Waals surface area contributed by atoms with Crippen molar-refractivity contribution in [3.63, 3.8) is 0 Å². The van der Waals surface area contributed by atoms with Gasteiger partial charge in [-0.25, -0.2) is 9.37 Å². The second-order valence-corrected chi connectivity index (χ2v) is 5.22. The number of hydrogen-bond acceptors (Lipinski definition) is 3. The Hall–Kier alpha value is -1.94. The molecule has 0 bridgehead atoms. The van der Waals surface area contributed by atoms with Crippen LogP contribution in [0.25, 0.3) is 0 Å². The van der Waals surface area contributed by atoms with E-state index in [0.717, 1.165) is 46.9 Å². The van der Waals surface area contributed by atoms with Gasteiger partial charge in [-0.2, -0.15) is 0 Å². The second kappa shape index (κ2) is 4.87. The summed E-state index contributed by atoms with van der Waals surface area (Å²) in [5.74, 6) is 0.500. The van der Waals surface area contributed by atoms with Crippen LogP contribution in [-0.4, -0.2) is 16.6 Å². The maximum atomic E-state index is 13.5. The van der Waals surface area contributed by atoms with Crippen LogP contribution in [0.3, 0.4) is 0 Å². The zero-order chi connectivity index (χ0) is 14.3. The highest BCUT2D eigenvalue weighted by Gasteiger charge is 2.24. The zero-order valence-electron chi connectivity index (χ0n) is 11.7. The molecule has 1 N–H and O–H groups in total. The fraction of sp³-hybridized carbons (Fsp3) is 0.312. The fourth-order valence-electron chi connectivity index (χ4n) is 2.83. The molecular weight excluding hydrogens is 255 g/mol. The maximum Gasteiger partial charge on any atom is 0.139 e. The van der Waals surface area contributed by atoms with Gasteiger partial charge in [0.25, 0.3) is 0 Å². The molecule has 0 spiro atoms. The molecule has 0 unspecified atom stereocenters. The lowest BCUT2D eigenvalue weighted by Crippen LogP contribution is -2.18. The Morgan fingerprint density at radius 2 is 2.10 bits per heavy atom. The topological polar surface area (TPSA) is 36.4 Å². The van der Waals surface area contributed by atoms with E-state index >= 15 is 0 Å². The smallest absolute Gasteiger partial charge is 0.139 e. The number of hydrogen-bond donors (Lipinski definition) is 1. The number of fused-ring (bicyclic) bond motifs is 1. The first-order valence-corrected chi connectivity index (χ1v) is 6.74. The lowest BCUT2D eigenvalue weighted by atomic mass is 10.1.